The summed E-state index contributed by atoms with van der Waals surface area (Å²) in [5.74, 6) is 0.444. The van der Waals surface area contributed by atoms with E-state index in [2.05, 4.69) is 15.2 Å². The van der Waals surface area contributed by atoms with Gasteiger partial charge in [0.25, 0.3) is 0 Å². The lowest BCUT2D eigenvalue weighted by Crippen LogP contribution is -1.91. The van der Waals surface area contributed by atoms with Gasteiger partial charge in [-0.15, -0.1) is 10.2 Å². The molecule has 0 saturated heterocycles. The van der Waals surface area contributed by atoms with Crippen LogP contribution in [0.1, 0.15) is 5.56 Å². The lowest BCUT2D eigenvalue weighted by molar-refractivity contribution is 0.626. The van der Waals surface area contributed by atoms with Crippen molar-refractivity contribution in [1.29, 1.82) is 0 Å². The number of aromatic nitrogens is 3. The predicted octanol–water partition coefficient (Wildman–Crippen LogP) is 3.97. The summed E-state index contributed by atoms with van der Waals surface area (Å²) in [4.78, 5) is 4.23. The number of rotatable bonds is 4. The zero-order chi connectivity index (χ0) is 14.5. The highest BCUT2D eigenvalue weighted by atomic mass is 32.2. The second kappa shape index (κ2) is 6.45. The van der Waals surface area contributed by atoms with E-state index >= 15 is 0 Å². The Morgan fingerprint density at radius 3 is 2.57 bits per heavy atom. The molecule has 0 fully saturated rings. The third kappa shape index (κ3) is 3.64. The lowest BCUT2D eigenvalue weighted by atomic mass is 10.2. The zero-order valence-electron chi connectivity index (χ0n) is 11.1. The highest BCUT2D eigenvalue weighted by Crippen LogP contribution is 2.22. The lowest BCUT2D eigenvalue weighted by Gasteiger charge is -2.02. The van der Waals surface area contributed by atoms with Crippen molar-refractivity contribution in [3.05, 3.63) is 72.2 Å². The Hall–Kier alpha value is -2.27. The van der Waals surface area contributed by atoms with E-state index in [1.54, 1.807) is 12.3 Å². The summed E-state index contributed by atoms with van der Waals surface area (Å²) >= 11 is 1.53. The Bertz CT molecular complexity index is 717. The van der Waals surface area contributed by atoms with Gasteiger partial charge in [0.15, 0.2) is 0 Å². The Labute approximate surface area is 126 Å². The summed E-state index contributed by atoms with van der Waals surface area (Å²) in [7, 11) is 0. The molecule has 104 valence electrons. The molecule has 0 radical (unpaired) electrons. The highest BCUT2D eigenvalue weighted by molar-refractivity contribution is 7.98. The molecule has 0 amide bonds. The number of hydrogen-bond acceptors (Lipinski definition) is 4. The maximum atomic E-state index is 13.1. The van der Waals surface area contributed by atoms with Crippen molar-refractivity contribution in [2.75, 3.05) is 0 Å². The normalized spacial score (nSPS) is 10.5. The van der Waals surface area contributed by atoms with Crippen LogP contribution in [0.5, 0.6) is 0 Å². The van der Waals surface area contributed by atoms with E-state index in [4.69, 9.17) is 0 Å². The first-order chi connectivity index (χ1) is 10.3. The van der Waals surface area contributed by atoms with E-state index in [1.807, 2.05) is 36.4 Å². The summed E-state index contributed by atoms with van der Waals surface area (Å²) in [6.45, 7) is 0. The number of thioether (sulfide) groups is 1. The summed E-state index contributed by atoms with van der Waals surface area (Å²) in [6.07, 6.45) is 1.73. The van der Waals surface area contributed by atoms with E-state index in [0.717, 1.165) is 22.0 Å². The standard InChI is InChI=1S/C16H12FN3S/c17-13-5-3-4-12(10-13)11-21-16-8-7-15(19-20-16)14-6-1-2-9-18-14/h1-10H,11H2. The van der Waals surface area contributed by atoms with Gasteiger partial charge in [-0.25, -0.2) is 4.39 Å². The summed E-state index contributed by atoms with van der Waals surface area (Å²) in [5.41, 5.74) is 2.47. The van der Waals surface area contributed by atoms with Gasteiger partial charge in [0.2, 0.25) is 0 Å². The molecule has 3 rings (SSSR count). The molecule has 0 atom stereocenters. The van der Waals surface area contributed by atoms with Crippen LogP contribution in [0.2, 0.25) is 0 Å². The van der Waals surface area contributed by atoms with Crippen LogP contribution in [-0.4, -0.2) is 15.2 Å². The van der Waals surface area contributed by atoms with Gasteiger partial charge in [-0.1, -0.05) is 30.0 Å². The predicted molar refractivity (Wildman–Crippen MR) is 81.2 cm³/mol. The van der Waals surface area contributed by atoms with Gasteiger partial charge in [0, 0.05) is 11.9 Å². The number of halogens is 1. The molecule has 0 unspecified atom stereocenters. The summed E-state index contributed by atoms with van der Waals surface area (Å²) < 4.78 is 13.1. The Balaban J connectivity index is 1.68. The van der Waals surface area contributed by atoms with Gasteiger partial charge < -0.3 is 0 Å². The number of hydrogen-bond donors (Lipinski definition) is 0. The Kier molecular flexibility index (Phi) is 4.21. The van der Waals surface area contributed by atoms with Crippen molar-refractivity contribution in [2.45, 2.75) is 10.8 Å². The molecule has 0 N–H and O–H groups in total. The van der Waals surface area contributed by atoms with Gasteiger partial charge in [-0.2, -0.15) is 0 Å². The third-order valence-corrected chi connectivity index (χ3v) is 3.83. The molecule has 1 aromatic carbocycles. The van der Waals surface area contributed by atoms with Crippen molar-refractivity contribution in [1.82, 2.24) is 15.2 Å². The summed E-state index contributed by atoms with van der Waals surface area (Å²) in [5, 5.41) is 9.15. The number of pyridine rings is 1. The average Bonchev–Trinajstić information content (AvgIpc) is 2.54. The van der Waals surface area contributed by atoms with Crippen molar-refractivity contribution < 1.29 is 4.39 Å². The van der Waals surface area contributed by atoms with E-state index in [0.29, 0.717) is 5.75 Å². The van der Waals surface area contributed by atoms with Crippen LogP contribution in [0.4, 0.5) is 4.39 Å². The Morgan fingerprint density at radius 1 is 0.905 bits per heavy atom. The van der Waals surface area contributed by atoms with E-state index in [1.165, 1.54) is 23.9 Å². The fraction of sp³-hybridized carbons (Fsp3) is 0.0625. The summed E-state index contributed by atoms with van der Waals surface area (Å²) in [6, 6.07) is 16.0. The smallest absolute Gasteiger partial charge is 0.123 e. The fourth-order valence-electron chi connectivity index (χ4n) is 1.83. The van der Waals surface area contributed by atoms with Crippen LogP contribution in [0.25, 0.3) is 11.4 Å². The quantitative estimate of drug-likeness (QED) is 0.683. The molecule has 3 aromatic rings. The van der Waals surface area contributed by atoms with Crippen LogP contribution in [0.3, 0.4) is 0 Å². The molecule has 0 aliphatic heterocycles. The van der Waals surface area contributed by atoms with E-state index in [-0.39, 0.29) is 5.82 Å². The molecule has 3 nitrogen and oxygen atoms in total. The van der Waals surface area contributed by atoms with Gasteiger partial charge in [0.1, 0.15) is 16.5 Å². The molecule has 2 heterocycles. The first-order valence-electron chi connectivity index (χ1n) is 6.44. The van der Waals surface area contributed by atoms with Crippen LogP contribution in [0, 0.1) is 5.82 Å². The molecular weight excluding hydrogens is 285 g/mol. The molecule has 0 aliphatic carbocycles. The van der Waals surface area contributed by atoms with Crippen molar-refractivity contribution in [3.63, 3.8) is 0 Å². The van der Waals surface area contributed by atoms with Gasteiger partial charge in [-0.3, -0.25) is 4.98 Å². The highest BCUT2D eigenvalue weighted by Gasteiger charge is 2.03. The average molecular weight is 297 g/mol. The number of benzene rings is 1. The minimum absolute atomic E-state index is 0.218. The zero-order valence-corrected chi connectivity index (χ0v) is 11.9. The van der Waals surface area contributed by atoms with E-state index in [9.17, 15) is 4.39 Å². The third-order valence-electron chi connectivity index (χ3n) is 2.84. The molecule has 2 aromatic heterocycles. The molecule has 0 bridgehead atoms. The maximum absolute atomic E-state index is 13.1. The first-order valence-corrected chi connectivity index (χ1v) is 7.42. The monoisotopic (exact) mass is 297 g/mol. The second-order valence-electron chi connectivity index (χ2n) is 4.39. The van der Waals surface area contributed by atoms with Gasteiger partial charge >= 0.3 is 0 Å². The van der Waals surface area contributed by atoms with Crippen LogP contribution in [0.15, 0.2) is 65.8 Å². The topological polar surface area (TPSA) is 38.7 Å². The van der Waals surface area contributed by atoms with E-state index < -0.39 is 0 Å². The van der Waals surface area contributed by atoms with Crippen LogP contribution in [-0.2, 0) is 5.75 Å². The van der Waals surface area contributed by atoms with Crippen LogP contribution >= 0.6 is 11.8 Å². The number of nitrogens with zero attached hydrogens (tertiary/aromatic N) is 3. The molecule has 0 aliphatic rings. The minimum atomic E-state index is -0.218. The van der Waals surface area contributed by atoms with Crippen molar-refractivity contribution in [2.24, 2.45) is 0 Å². The molecule has 0 saturated carbocycles. The second-order valence-corrected chi connectivity index (χ2v) is 5.39. The van der Waals surface area contributed by atoms with Gasteiger partial charge in [-0.05, 0) is 42.0 Å². The Morgan fingerprint density at radius 2 is 1.86 bits per heavy atom. The molecule has 5 heteroatoms. The molecular formula is C16H12FN3S. The van der Waals surface area contributed by atoms with Crippen molar-refractivity contribution in [3.8, 4) is 11.4 Å². The SMILES string of the molecule is Fc1cccc(CSc2ccc(-c3ccccn3)nn2)c1. The first kappa shape index (κ1) is 13.7. The maximum Gasteiger partial charge on any atom is 0.123 e. The van der Waals surface area contributed by atoms with Crippen molar-refractivity contribution >= 4 is 11.8 Å². The minimum Gasteiger partial charge on any atom is -0.255 e. The molecule has 0 spiro atoms. The largest absolute Gasteiger partial charge is 0.255 e. The van der Waals surface area contributed by atoms with Crippen LogP contribution < -0.4 is 0 Å². The fourth-order valence-corrected chi connectivity index (χ4v) is 2.59. The molecule has 21 heavy (non-hydrogen) atoms. The van der Waals surface area contributed by atoms with Gasteiger partial charge in [0.05, 0.1) is 5.69 Å².